The van der Waals surface area contributed by atoms with Crippen molar-refractivity contribution in [1.82, 2.24) is 24.3 Å². The van der Waals surface area contributed by atoms with Gasteiger partial charge in [0.25, 0.3) is 5.91 Å². The summed E-state index contributed by atoms with van der Waals surface area (Å²) in [4.78, 5) is 27.1. The maximum absolute atomic E-state index is 12.8. The van der Waals surface area contributed by atoms with Gasteiger partial charge in [0.05, 0.1) is 23.4 Å². The fourth-order valence-corrected chi connectivity index (χ4v) is 4.34. The zero-order valence-electron chi connectivity index (χ0n) is 14.9. The maximum atomic E-state index is 12.8. The highest BCUT2D eigenvalue weighted by molar-refractivity contribution is 5.81. The third-order valence-corrected chi connectivity index (χ3v) is 5.89. The number of aromatic amines is 1. The Balaban J connectivity index is 1.51. The molecule has 5 rings (SSSR count). The first-order valence-corrected chi connectivity index (χ1v) is 9.42. The molecule has 0 spiro atoms. The average Bonchev–Trinajstić information content (AvgIpc) is 3.40. The average molecular weight is 353 g/mol. The molecule has 3 aromatic heterocycles. The minimum Gasteiger partial charge on any atom is -0.368 e. The summed E-state index contributed by atoms with van der Waals surface area (Å²) >= 11 is 0. The van der Waals surface area contributed by atoms with E-state index in [-0.39, 0.29) is 17.9 Å². The number of nitrogens with zero attached hydrogens (tertiary/aromatic N) is 4. The number of carbonyl (C=O) groups is 1. The molecular weight excluding hydrogens is 330 g/mol. The summed E-state index contributed by atoms with van der Waals surface area (Å²) in [7, 11) is 0. The van der Waals surface area contributed by atoms with Crippen molar-refractivity contribution in [3.8, 4) is 0 Å². The lowest BCUT2D eigenvalue weighted by molar-refractivity contribution is -0.142. The van der Waals surface area contributed by atoms with Gasteiger partial charge in [-0.15, -0.1) is 0 Å². The van der Waals surface area contributed by atoms with Crippen molar-refractivity contribution in [2.75, 3.05) is 19.7 Å². The molecule has 7 heteroatoms. The van der Waals surface area contributed by atoms with Crippen molar-refractivity contribution in [3.05, 3.63) is 30.5 Å². The van der Waals surface area contributed by atoms with E-state index in [1.54, 1.807) is 0 Å². The number of likely N-dealkylation sites (tertiary alicyclic amines) is 1. The van der Waals surface area contributed by atoms with E-state index in [1.165, 1.54) is 0 Å². The highest BCUT2D eigenvalue weighted by Gasteiger charge is 2.36. The number of fused-ring (bicyclic) bond motifs is 3. The van der Waals surface area contributed by atoms with E-state index in [0.717, 1.165) is 48.3 Å². The van der Waals surface area contributed by atoms with Crippen LogP contribution in [0.2, 0.25) is 0 Å². The number of piperidine rings is 1. The van der Waals surface area contributed by atoms with E-state index in [0.29, 0.717) is 19.1 Å². The third kappa shape index (κ3) is 2.41. The highest BCUT2D eigenvalue weighted by Crippen LogP contribution is 2.33. The van der Waals surface area contributed by atoms with Gasteiger partial charge in [0.2, 0.25) is 0 Å². The number of hydrogen-bond donors (Lipinski definition) is 1. The van der Waals surface area contributed by atoms with Crippen LogP contribution in [0.25, 0.3) is 16.7 Å². The van der Waals surface area contributed by atoms with Crippen LogP contribution in [0.15, 0.2) is 24.7 Å². The smallest absolute Gasteiger partial charge is 0.251 e. The van der Waals surface area contributed by atoms with Crippen LogP contribution in [0.1, 0.15) is 37.9 Å². The van der Waals surface area contributed by atoms with Crippen LogP contribution in [0, 0.1) is 5.92 Å². The van der Waals surface area contributed by atoms with E-state index in [9.17, 15) is 4.79 Å². The molecule has 2 saturated heterocycles. The van der Waals surface area contributed by atoms with Crippen LogP contribution in [0.3, 0.4) is 0 Å². The fraction of sp³-hybridized carbons (Fsp3) is 0.526. The maximum Gasteiger partial charge on any atom is 0.251 e. The van der Waals surface area contributed by atoms with Gasteiger partial charge in [-0.2, -0.15) is 0 Å². The summed E-state index contributed by atoms with van der Waals surface area (Å²) in [5, 5.41) is 0. The fourth-order valence-electron chi connectivity index (χ4n) is 4.34. The molecule has 2 fully saturated rings. The summed E-state index contributed by atoms with van der Waals surface area (Å²) < 4.78 is 7.79. The molecule has 7 nitrogen and oxygen atoms in total. The summed E-state index contributed by atoms with van der Waals surface area (Å²) in [6.07, 6.45) is 8.19. The van der Waals surface area contributed by atoms with Crippen LogP contribution >= 0.6 is 0 Å². The van der Waals surface area contributed by atoms with E-state index in [1.807, 2.05) is 29.6 Å². The van der Waals surface area contributed by atoms with Crippen LogP contribution in [0.4, 0.5) is 0 Å². The summed E-state index contributed by atoms with van der Waals surface area (Å²) in [6, 6.07) is 2.03. The van der Waals surface area contributed by atoms with E-state index < -0.39 is 0 Å². The Labute approximate surface area is 151 Å². The molecule has 0 unspecified atom stereocenters. The van der Waals surface area contributed by atoms with Crippen molar-refractivity contribution >= 4 is 22.6 Å². The molecule has 1 N–H and O–H groups in total. The highest BCUT2D eigenvalue weighted by atomic mass is 16.5. The number of aromatic nitrogens is 4. The topological polar surface area (TPSA) is 75.5 Å². The summed E-state index contributed by atoms with van der Waals surface area (Å²) in [5.41, 5.74) is 2.87. The quantitative estimate of drug-likeness (QED) is 0.767. The Kier molecular flexibility index (Phi) is 3.70. The first-order chi connectivity index (χ1) is 12.7. The lowest BCUT2D eigenvalue weighted by atomic mass is 9.86. The minimum absolute atomic E-state index is 0.147. The number of carbonyl (C=O) groups excluding carboxylic acids is 1. The van der Waals surface area contributed by atoms with Gasteiger partial charge in [0, 0.05) is 31.8 Å². The monoisotopic (exact) mass is 353 g/mol. The van der Waals surface area contributed by atoms with Gasteiger partial charge in [-0.05, 0) is 31.2 Å². The largest absolute Gasteiger partial charge is 0.368 e. The first kappa shape index (κ1) is 15.8. The first-order valence-electron chi connectivity index (χ1n) is 9.42. The molecular formula is C19H23N5O2. The number of amides is 1. The molecule has 0 radical (unpaired) electrons. The second kappa shape index (κ2) is 6.09. The SMILES string of the molecule is C[C@@H]1CCN(C(=O)[C@H]2CCCO2)C[C@@H]1c1ncc2cnc3[nH]ccc3n12. The summed E-state index contributed by atoms with van der Waals surface area (Å²) in [5.74, 6) is 1.84. The Morgan fingerprint density at radius 3 is 3.04 bits per heavy atom. The predicted molar refractivity (Wildman–Crippen MR) is 96.9 cm³/mol. The van der Waals surface area contributed by atoms with Gasteiger partial charge in [0.15, 0.2) is 5.65 Å². The Morgan fingerprint density at radius 2 is 2.19 bits per heavy atom. The van der Waals surface area contributed by atoms with E-state index in [4.69, 9.17) is 9.72 Å². The van der Waals surface area contributed by atoms with Gasteiger partial charge >= 0.3 is 0 Å². The van der Waals surface area contributed by atoms with Crippen LogP contribution in [-0.4, -0.2) is 56.0 Å². The number of ether oxygens (including phenoxy) is 1. The number of hydrogen-bond acceptors (Lipinski definition) is 4. The third-order valence-electron chi connectivity index (χ3n) is 5.89. The van der Waals surface area contributed by atoms with Crippen molar-refractivity contribution in [3.63, 3.8) is 0 Å². The van der Waals surface area contributed by atoms with Gasteiger partial charge in [-0.3, -0.25) is 9.20 Å². The van der Waals surface area contributed by atoms with E-state index in [2.05, 4.69) is 21.3 Å². The standard InChI is InChI=1S/C19H23N5O2/c1-12-5-7-23(19(25)16-3-2-8-26-16)11-14(12)18-22-10-13-9-21-17-15(24(13)18)4-6-20-17/h4,6,9-10,12,14,16,20H,2-3,5,7-8,11H2,1H3/t12-,14+,16-/m1/s1. The molecule has 5 heterocycles. The molecule has 0 aliphatic carbocycles. The lowest BCUT2D eigenvalue weighted by Crippen LogP contribution is -2.46. The lowest BCUT2D eigenvalue weighted by Gasteiger charge is -2.37. The molecule has 26 heavy (non-hydrogen) atoms. The number of nitrogens with one attached hydrogen (secondary N) is 1. The second-order valence-electron chi connectivity index (χ2n) is 7.50. The van der Waals surface area contributed by atoms with Crippen LogP contribution in [-0.2, 0) is 9.53 Å². The van der Waals surface area contributed by atoms with Crippen molar-refractivity contribution in [2.45, 2.75) is 38.2 Å². The normalized spacial score (nSPS) is 26.8. The summed E-state index contributed by atoms with van der Waals surface area (Å²) in [6.45, 7) is 4.47. The Morgan fingerprint density at radius 1 is 1.31 bits per heavy atom. The molecule has 3 aromatic rings. The van der Waals surface area contributed by atoms with Crippen molar-refractivity contribution in [1.29, 1.82) is 0 Å². The number of rotatable bonds is 2. The van der Waals surface area contributed by atoms with Gasteiger partial charge in [-0.1, -0.05) is 6.92 Å². The zero-order chi connectivity index (χ0) is 17.7. The van der Waals surface area contributed by atoms with Gasteiger partial charge < -0.3 is 14.6 Å². The Bertz CT molecular complexity index is 955. The molecule has 1 amide bonds. The molecule has 0 aromatic carbocycles. The van der Waals surface area contributed by atoms with Gasteiger partial charge in [0.1, 0.15) is 11.9 Å². The molecule has 2 aliphatic rings. The van der Waals surface area contributed by atoms with Crippen LogP contribution < -0.4 is 0 Å². The number of imidazole rings is 1. The van der Waals surface area contributed by atoms with Crippen LogP contribution in [0.5, 0.6) is 0 Å². The Hall–Kier alpha value is -2.41. The van der Waals surface area contributed by atoms with Gasteiger partial charge in [-0.25, -0.2) is 9.97 Å². The number of H-pyrrole nitrogens is 1. The van der Waals surface area contributed by atoms with E-state index >= 15 is 0 Å². The minimum atomic E-state index is -0.248. The molecule has 2 aliphatic heterocycles. The zero-order valence-corrected chi connectivity index (χ0v) is 14.9. The molecule has 3 atom stereocenters. The molecule has 0 saturated carbocycles. The second-order valence-corrected chi connectivity index (χ2v) is 7.50. The predicted octanol–water partition coefficient (Wildman–Crippen LogP) is 2.34. The molecule has 0 bridgehead atoms. The van der Waals surface area contributed by atoms with Crippen molar-refractivity contribution < 1.29 is 9.53 Å². The molecule has 136 valence electrons. The van der Waals surface area contributed by atoms with Crippen molar-refractivity contribution in [2.24, 2.45) is 5.92 Å².